The summed E-state index contributed by atoms with van der Waals surface area (Å²) in [7, 11) is 0. The number of hydrogen-bond donors (Lipinski definition) is 0. The fraction of sp³-hybridized carbons (Fsp3) is 0.467. The van der Waals surface area contributed by atoms with Gasteiger partial charge in [-0.15, -0.1) is 12.4 Å². The first-order chi connectivity index (χ1) is 7.57. The molecule has 1 aromatic carbocycles. The maximum absolute atomic E-state index is 2.55. The molecule has 0 atom stereocenters. The van der Waals surface area contributed by atoms with Crippen LogP contribution in [0, 0.1) is 0 Å². The van der Waals surface area contributed by atoms with Crippen LogP contribution >= 0.6 is 12.4 Å². The van der Waals surface area contributed by atoms with Gasteiger partial charge in [-0.25, -0.2) is 0 Å². The van der Waals surface area contributed by atoms with Gasteiger partial charge in [0.05, 0.1) is 0 Å². The topological polar surface area (TPSA) is 3.24 Å². The lowest BCUT2D eigenvalue weighted by molar-refractivity contribution is 0.155. The Morgan fingerprint density at radius 2 is 1.71 bits per heavy atom. The van der Waals surface area contributed by atoms with Crippen LogP contribution in [-0.4, -0.2) is 23.5 Å². The van der Waals surface area contributed by atoms with Crippen molar-refractivity contribution in [2.45, 2.75) is 32.7 Å². The van der Waals surface area contributed by atoms with Gasteiger partial charge in [0.2, 0.25) is 0 Å². The molecule has 1 aliphatic rings. The molecule has 0 spiro atoms. The van der Waals surface area contributed by atoms with Crippen molar-refractivity contribution in [1.29, 1.82) is 0 Å². The SMILES string of the molecule is CC(C)(C)N1CCC=C(c2ccccc2)C1.Cl. The van der Waals surface area contributed by atoms with Gasteiger partial charge in [0.1, 0.15) is 0 Å². The third kappa shape index (κ3) is 3.58. The molecule has 17 heavy (non-hydrogen) atoms. The summed E-state index contributed by atoms with van der Waals surface area (Å²) in [5.74, 6) is 0. The molecule has 2 heteroatoms. The van der Waals surface area contributed by atoms with Crippen LogP contribution in [0.5, 0.6) is 0 Å². The van der Waals surface area contributed by atoms with E-state index in [2.05, 4.69) is 62.1 Å². The molecule has 0 amide bonds. The van der Waals surface area contributed by atoms with Crippen molar-refractivity contribution in [3.8, 4) is 0 Å². The predicted octanol–water partition coefficient (Wildman–Crippen LogP) is 4.00. The van der Waals surface area contributed by atoms with Crippen LogP contribution < -0.4 is 0 Å². The molecule has 0 bridgehead atoms. The minimum absolute atomic E-state index is 0. The molecule has 0 fully saturated rings. The molecule has 94 valence electrons. The first-order valence-corrected chi connectivity index (χ1v) is 6.07. The molecule has 0 radical (unpaired) electrons. The van der Waals surface area contributed by atoms with Gasteiger partial charge in [0, 0.05) is 18.6 Å². The Bertz CT molecular complexity index is 376. The summed E-state index contributed by atoms with van der Waals surface area (Å²) in [6.45, 7) is 9.14. The Balaban J connectivity index is 0.00000144. The predicted molar refractivity (Wildman–Crippen MR) is 77.6 cm³/mol. The number of halogens is 1. The minimum Gasteiger partial charge on any atom is -0.294 e. The first kappa shape index (κ1) is 14.3. The molecule has 2 rings (SSSR count). The molecule has 1 aliphatic heterocycles. The Labute approximate surface area is 111 Å². The summed E-state index contributed by atoms with van der Waals surface area (Å²) < 4.78 is 0. The molecule has 0 aromatic heterocycles. The van der Waals surface area contributed by atoms with Crippen molar-refractivity contribution >= 4 is 18.0 Å². The van der Waals surface area contributed by atoms with Crippen LogP contribution in [-0.2, 0) is 0 Å². The molecule has 0 saturated carbocycles. The monoisotopic (exact) mass is 251 g/mol. The van der Waals surface area contributed by atoms with Crippen molar-refractivity contribution < 1.29 is 0 Å². The van der Waals surface area contributed by atoms with E-state index in [4.69, 9.17) is 0 Å². The van der Waals surface area contributed by atoms with E-state index in [-0.39, 0.29) is 17.9 Å². The number of hydrogen-bond acceptors (Lipinski definition) is 1. The lowest BCUT2D eigenvalue weighted by atomic mass is 9.96. The van der Waals surface area contributed by atoms with Crippen molar-refractivity contribution in [3.63, 3.8) is 0 Å². The van der Waals surface area contributed by atoms with E-state index in [1.54, 1.807) is 0 Å². The Morgan fingerprint density at radius 1 is 1.06 bits per heavy atom. The summed E-state index contributed by atoms with van der Waals surface area (Å²) in [6, 6.07) is 10.7. The fourth-order valence-electron chi connectivity index (χ4n) is 2.18. The first-order valence-electron chi connectivity index (χ1n) is 6.07. The van der Waals surface area contributed by atoms with E-state index < -0.39 is 0 Å². The molecule has 0 N–H and O–H groups in total. The highest BCUT2D eigenvalue weighted by atomic mass is 35.5. The van der Waals surface area contributed by atoms with Gasteiger partial charge < -0.3 is 0 Å². The van der Waals surface area contributed by atoms with Gasteiger partial charge in [-0.05, 0) is 38.3 Å². The summed E-state index contributed by atoms with van der Waals surface area (Å²) in [4.78, 5) is 2.55. The smallest absolute Gasteiger partial charge is 0.0241 e. The highest BCUT2D eigenvalue weighted by Gasteiger charge is 2.24. The van der Waals surface area contributed by atoms with Crippen LogP contribution in [0.1, 0.15) is 32.8 Å². The van der Waals surface area contributed by atoms with Crippen molar-refractivity contribution in [2.24, 2.45) is 0 Å². The van der Waals surface area contributed by atoms with Crippen molar-refractivity contribution in [3.05, 3.63) is 42.0 Å². The minimum atomic E-state index is 0. The van der Waals surface area contributed by atoms with E-state index in [1.165, 1.54) is 24.1 Å². The quantitative estimate of drug-likeness (QED) is 0.729. The standard InChI is InChI=1S/C15H21N.ClH/c1-15(2,3)16-11-7-10-14(12-16)13-8-5-4-6-9-13;/h4-6,8-10H,7,11-12H2,1-3H3;1H. The van der Waals surface area contributed by atoms with Gasteiger partial charge >= 0.3 is 0 Å². The number of benzene rings is 1. The lowest BCUT2D eigenvalue weighted by Gasteiger charge is -2.38. The second kappa shape index (κ2) is 5.70. The largest absolute Gasteiger partial charge is 0.294 e. The van der Waals surface area contributed by atoms with Crippen LogP contribution in [0.15, 0.2) is 36.4 Å². The van der Waals surface area contributed by atoms with Crippen LogP contribution in [0.4, 0.5) is 0 Å². The lowest BCUT2D eigenvalue weighted by Crippen LogP contribution is -2.44. The third-order valence-corrected chi connectivity index (χ3v) is 3.24. The maximum Gasteiger partial charge on any atom is 0.0241 e. The Hall–Kier alpha value is -0.790. The second-order valence-electron chi connectivity index (χ2n) is 5.48. The molecule has 1 heterocycles. The fourth-order valence-corrected chi connectivity index (χ4v) is 2.18. The highest BCUT2D eigenvalue weighted by Crippen LogP contribution is 2.25. The zero-order valence-electron chi connectivity index (χ0n) is 10.9. The van der Waals surface area contributed by atoms with Crippen LogP contribution in [0.2, 0.25) is 0 Å². The molecular weight excluding hydrogens is 230 g/mol. The van der Waals surface area contributed by atoms with Crippen molar-refractivity contribution in [1.82, 2.24) is 4.90 Å². The zero-order valence-corrected chi connectivity index (χ0v) is 11.8. The molecule has 0 saturated heterocycles. The van der Waals surface area contributed by atoms with Gasteiger partial charge in [-0.2, -0.15) is 0 Å². The van der Waals surface area contributed by atoms with E-state index in [0.29, 0.717) is 0 Å². The molecule has 0 unspecified atom stereocenters. The van der Waals surface area contributed by atoms with E-state index in [9.17, 15) is 0 Å². The summed E-state index contributed by atoms with van der Waals surface area (Å²) >= 11 is 0. The van der Waals surface area contributed by atoms with Crippen molar-refractivity contribution in [2.75, 3.05) is 13.1 Å². The number of rotatable bonds is 1. The summed E-state index contributed by atoms with van der Waals surface area (Å²) in [5, 5.41) is 0. The Kier molecular flexibility index (Phi) is 4.79. The third-order valence-electron chi connectivity index (χ3n) is 3.24. The second-order valence-corrected chi connectivity index (χ2v) is 5.48. The highest BCUT2D eigenvalue weighted by molar-refractivity contribution is 5.85. The number of nitrogens with zero attached hydrogens (tertiary/aromatic N) is 1. The average Bonchev–Trinajstić information content (AvgIpc) is 2.29. The van der Waals surface area contributed by atoms with E-state index >= 15 is 0 Å². The van der Waals surface area contributed by atoms with E-state index in [1.807, 2.05) is 0 Å². The molecule has 0 aliphatic carbocycles. The zero-order chi connectivity index (χ0) is 11.6. The molecule has 1 nitrogen and oxygen atoms in total. The van der Waals surface area contributed by atoms with Gasteiger partial charge in [-0.3, -0.25) is 4.90 Å². The van der Waals surface area contributed by atoms with E-state index in [0.717, 1.165) is 6.54 Å². The van der Waals surface area contributed by atoms with Gasteiger partial charge in [0.25, 0.3) is 0 Å². The molecular formula is C15H22ClN. The van der Waals surface area contributed by atoms with Crippen LogP contribution in [0.3, 0.4) is 0 Å². The maximum atomic E-state index is 2.55. The van der Waals surface area contributed by atoms with Crippen LogP contribution in [0.25, 0.3) is 5.57 Å². The molecule has 1 aromatic rings. The normalized spacial score (nSPS) is 17.2. The average molecular weight is 252 g/mol. The Morgan fingerprint density at radius 3 is 2.29 bits per heavy atom. The van der Waals surface area contributed by atoms with Gasteiger partial charge in [0.15, 0.2) is 0 Å². The summed E-state index contributed by atoms with van der Waals surface area (Å²) in [6.07, 6.45) is 3.55. The summed E-state index contributed by atoms with van der Waals surface area (Å²) in [5.41, 5.74) is 3.12. The van der Waals surface area contributed by atoms with Gasteiger partial charge in [-0.1, -0.05) is 36.4 Å².